The Hall–Kier alpha value is -4.95. The van der Waals surface area contributed by atoms with E-state index in [2.05, 4.69) is 10.3 Å². The Morgan fingerprint density at radius 2 is 1.51 bits per heavy atom. The van der Waals surface area contributed by atoms with E-state index in [-0.39, 0.29) is 30.0 Å². The number of anilines is 1. The number of rotatable bonds is 10. The van der Waals surface area contributed by atoms with Gasteiger partial charge in [0, 0.05) is 30.1 Å². The second-order valence-corrected chi connectivity index (χ2v) is 12.5. The molecule has 1 amide bonds. The molecule has 0 bridgehead atoms. The standard InChI is InChI=1S/C24H30N4O4.C8H9NO.CH4O3S/c25-24(26)27-15-16-9-11-18(12-10-16)22(29)28-21(23(30)31)14-17-5-4-8-20(13-17)32-19-6-2-1-3-7-19;1-6(10)7-2-4-8(9)5-3-7;1-5(2,3)4/h1-8,13,16,18,21H,9-12,14-15H2,(H,28,29)(H,30,31)(H4,25,26,27);2-5H,9H2,1H3;1H3,(H,2,3,4). The molecule has 0 heterocycles. The Balaban J connectivity index is 0.000000421. The van der Waals surface area contributed by atoms with Crippen LogP contribution in [-0.2, 0) is 26.1 Å². The number of carbonyl (C=O) groups excluding carboxylic acids is 2. The summed E-state index contributed by atoms with van der Waals surface area (Å²) in [6, 6.07) is 22.5. The van der Waals surface area contributed by atoms with E-state index >= 15 is 0 Å². The number of aliphatic carboxylic acids is 1. The van der Waals surface area contributed by atoms with Crippen LogP contribution in [0.25, 0.3) is 0 Å². The number of carbonyl (C=O) groups is 3. The molecule has 0 spiro atoms. The van der Waals surface area contributed by atoms with Crippen LogP contribution in [0.15, 0.2) is 83.9 Å². The van der Waals surface area contributed by atoms with E-state index in [0.29, 0.717) is 54.3 Å². The number of benzene rings is 3. The number of hydrogen-bond acceptors (Lipinski definition) is 8. The van der Waals surface area contributed by atoms with Gasteiger partial charge in [0.05, 0.1) is 6.26 Å². The van der Waals surface area contributed by atoms with Crippen molar-refractivity contribution in [3.8, 4) is 11.5 Å². The molecular formula is C33H43N5O8S. The molecule has 0 aromatic heterocycles. The molecule has 1 aliphatic carbocycles. The Morgan fingerprint density at radius 1 is 0.936 bits per heavy atom. The fraction of sp³-hybridized carbons (Fsp3) is 0.333. The number of nitrogens with two attached hydrogens (primary N) is 3. The number of para-hydroxylation sites is 1. The average molecular weight is 670 g/mol. The number of nitrogens with zero attached hydrogens (tertiary/aromatic N) is 1. The molecular weight excluding hydrogens is 626 g/mol. The first-order valence-corrected chi connectivity index (χ1v) is 16.6. The SMILES string of the molecule is CC(=O)c1ccc(N)cc1.CS(=O)(=O)O.NC(N)=NCC1CCC(C(=O)NC(Cc2cccc(Oc3ccccc3)c2)C(=O)O)CC1. The molecule has 0 radical (unpaired) electrons. The van der Waals surface area contributed by atoms with E-state index in [9.17, 15) is 27.9 Å². The zero-order valence-electron chi connectivity index (χ0n) is 26.4. The lowest BCUT2D eigenvalue weighted by atomic mass is 9.81. The molecule has 4 rings (SSSR count). The molecule has 13 nitrogen and oxygen atoms in total. The summed E-state index contributed by atoms with van der Waals surface area (Å²) in [6.07, 6.45) is 3.96. The number of amides is 1. The van der Waals surface area contributed by atoms with Crippen LogP contribution in [0.2, 0.25) is 0 Å². The minimum atomic E-state index is -3.67. The molecule has 0 saturated heterocycles. The zero-order chi connectivity index (χ0) is 35.0. The highest BCUT2D eigenvalue weighted by atomic mass is 32.2. The van der Waals surface area contributed by atoms with Gasteiger partial charge in [-0.2, -0.15) is 8.42 Å². The van der Waals surface area contributed by atoms with Crippen LogP contribution in [0.5, 0.6) is 11.5 Å². The topological polar surface area (TPSA) is 237 Å². The molecule has 1 unspecified atom stereocenters. The van der Waals surface area contributed by atoms with E-state index < -0.39 is 22.1 Å². The van der Waals surface area contributed by atoms with Crippen molar-refractivity contribution >= 4 is 39.4 Å². The van der Waals surface area contributed by atoms with Gasteiger partial charge in [-0.25, -0.2) is 4.79 Å². The van der Waals surface area contributed by atoms with Crippen LogP contribution in [-0.4, -0.2) is 60.5 Å². The van der Waals surface area contributed by atoms with Gasteiger partial charge < -0.3 is 32.4 Å². The first-order valence-electron chi connectivity index (χ1n) is 14.8. The summed E-state index contributed by atoms with van der Waals surface area (Å²) in [5, 5.41) is 12.4. The monoisotopic (exact) mass is 669 g/mol. The summed E-state index contributed by atoms with van der Waals surface area (Å²) in [7, 11) is -3.67. The Bertz CT molecular complexity index is 1580. The Morgan fingerprint density at radius 3 is 2.04 bits per heavy atom. The summed E-state index contributed by atoms with van der Waals surface area (Å²) in [6.45, 7) is 2.10. The van der Waals surface area contributed by atoms with Crippen LogP contribution in [0.4, 0.5) is 5.69 Å². The number of ether oxygens (including phenoxy) is 1. The fourth-order valence-electron chi connectivity index (χ4n) is 4.65. The van der Waals surface area contributed by atoms with Crippen LogP contribution in [0.3, 0.4) is 0 Å². The van der Waals surface area contributed by atoms with Crippen molar-refractivity contribution in [1.29, 1.82) is 0 Å². The van der Waals surface area contributed by atoms with Gasteiger partial charge in [0.2, 0.25) is 5.91 Å². The number of Topliss-reactive ketones (excluding diaryl/α,β-unsaturated/α-hetero) is 1. The number of ketones is 1. The van der Waals surface area contributed by atoms with Crippen molar-refractivity contribution in [2.75, 3.05) is 18.5 Å². The molecule has 14 heteroatoms. The largest absolute Gasteiger partial charge is 0.480 e. The van der Waals surface area contributed by atoms with Crippen molar-refractivity contribution in [3.63, 3.8) is 0 Å². The predicted molar refractivity (Wildman–Crippen MR) is 181 cm³/mol. The number of nitrogens with one attached hydrogen (secondary N) is 1. The molecule has 1 saturated carbocycles. The van der Waals surface area contributed by atoms with Crippen LogP contribution in [0, 0.1) is 11.8 Å². The summed E-state index contributed by atoms with van der Waals surface area (Å²) in [5.74, 6) is 0.339. The van der Waals surface area contributed by atoms with E-state index in [1.54, 1.807) is 30.3 Å². The van der Waals surface area contributed by atoms with Crippen LogP contribution < -0.4 is 27.3 Å². The lowest BCUT2D eigenvalue weighted by molar-refractivity contribution is -0.142. The van der Waals surface area contributed by atoms with Gasteiger partial charge in [-0.15, -0.1) is 0 Å². The van der Waals surface area contributed by atoms with Gasteiger partial charge in [-0.1, -0.05) is 30.3 Å². The molecule has 47 heavy (non-hydrogen) atoms. The van der Waals surface area contributed by atoms with E-state index in [1.165, 1.54) is 6.92 Å². The highest BCUT2D eigenvalue weighted by molar-refractivity contribution is 7.85. The Labute approximate surface area is 275 Å². The number of guanidine groups is 1. The highest BCUT2D eigenvalue weighted by Crippen LogP contribution is 2.29. The first kappa shape index (κ1) is 38.2. The fourth-order valence-corrected chi connectivity index (χ4v) is 4.65. The summed E-state index contributed by atoms with van der Waals surface area (Å²) in [5.41, 5.74) is 18.3. The van der Waals surface area contributed by atoms with Crippen LogP contribution in [0.1, 0.15) is 48.5 Å². The second-order valence-electron chi connectivity index (χ2n) is 11.1. The molecule has 1 aliphatic rings. The molecule has 9 N–H and O–H groups in total. The van der Waals surface area contributed by atoms with Crippen molar-refractivity contribution in [3.05, 3.63) is 90.0 Å². The molecule has 3 aromatic rings. The number of carboxylic acid groups (broad SMARTS) is 1. The maximum absolute atomic E-state index is 12.7. The van der Waals surface area contributed by atoms with Gasteiger partial charge in [0.15, 0.2) is 11.7 Å². The average Bonchev–Trinajstić information content (AvgIpc) is 3.00. The third-order valence-corrected chi connectivity index (χ3v) is 7.00. The molecule has 3 aromatic carbocycles. The molecule has 1 fully saturated rings. The summed E-state index contributed by atoms with van der Waals surface area (Å²) < 4.78 is 31.7. The zero-order valence-corrected chi connectivity index (χ0v) is 27.2. The predicted octanol–water partition coefficient (Wildman–Crippen LogP) is 3.65. The maximum atomic E-state index is 12.7. The number of carboxylic acids is 1. The first-order chi connectivity index (χ1) is 22.1. The smallest absolute Gasteiger partial charge is 0.326 e. The normalized spacial score (nSPS) is 16.1. The number of aliphatic imine (C=N–C) groups is 1. The third kappa shape index (κ3) is 16.3. The quantitative estimate of drug-likeness (QED) is 0.0599. The van der Waals surface area contributed by atoms with Crippen molar-refractivity contribution < 1.29 is 37.2 Å². The van der Waals surface area contributed by atoms with Crippen LogP contribution >= 0.6 is 0 Å². The summed E-state index contributed by atoms with van der Waals surface area (Å²) >= 11 is 0. The lowest BCUT2D eigenvalue weighted by Crippen LogP contribution is -2.45. The third-order valence-electron chi connectivity index (χ3n) is 7.00. The number of nitrogen functional groups attached to an aromatic ring is 1. The summed E-state index contributed by atoms with van der Waals surface area (Å²) in [4.78, 5) is 39.3. The molecule has 254 valence electrons. The van der Waals surface area contributed by atoms with Gasteiger partial charge in [-0.05, 0) is 92.6 Å². The number of hydrogen-bond donors (Lipinski definition) is 6. The second kappa shape index (κ2) is 18.9. The van der Waals surface area contributed by atoms with Crippen molar-refractivity contribution in [1.82, 2.24) is 5.32 Å². The van der Waals surface area contributed by atoms with Gasteiger partial charge in [-0.3, -0.25) is 19.1 Å². The van der Waals surface area contributed by atoms with E-state index in [0.717, 1.165) is 18.4 Å². The Kier molecular flexibility index (Phi) is 15.4. The molecule has 1 atom stereocenters. The minimum Gasteiger partial charge on any atom is -0.480 e. The molecule has 0 aliphatic heterocycles. The van der Waals surface area contributed by atoms with E-state index in [1.807, 2.05) is 48.5 Å². The lowest BCUT2D eigenvalue weighted by Gasteiger charge is -2.28. The maximum Gasteiger partial charge on any atom is 0.326 e. The van der Waals surface area contributed by atoms with E-state index in [4.69, 9.17) is 26.5 Å². The van der Waals surface area contributed by atoms with Crippen molar-refractivity contribution in [2.45, 2.75) is 45.1 Å². The van der Waals surface area contributed by atoms with Gasteiger partial charge in [0.1, 0.15) is 17.5 Å². The van der Waals surface area contributed by atoms with Crippen molar-refractivity contribution in [2.24, 2.45) is 28.3 Å². The highest BCUT2D eigenvalue weighted by Gasteiger charge is 2.29. The van der Waals surface area contributed by atoms with Gasteiger partial charge in [0.25, 0.3) is 10.1 Å². The minimum absolute atomic E-state index is 0.0694. The van der Waals surface area contributed by atoms with Gasteiger partial charge >= 0.3 is 5.97 Å².